The van der Waals surface area contributed by atoms with Crippen LogP contribution >= 0.6 is 45.2 Å². The van der Waals surface area contributed by atoms with E-state index in [1.807, 2.05) is 0 Å². The van der Waals surface area contributed by atoms with Gasteiger partial charge in [0.05, 0.1) is 1.93 Å². The maximum atomic E-state index is 2.51. The third-order valence-electron chi connectivity index (χ3n) is 2.19. The lowest BCUT2D eigenvalue weighted by Gasteiger charge is -2.38. The lowest BCUT2D eigenvalue weighted by molar-refractivity contribution is 0.127. The predicted octanol–water partition coefficient (Wildman–Crippen LogP) is 1.43. The Morgan fingerprint density at radius 3 is 2.36 bits per heavy atom. The zero-order valence-electron chi connectivity index (χ0n) is 6.93. The summed E-state index contributed by atoms with van der Waals surface area (Å²) in [5.74, 6) is 0. The number of hydrogen-bond donors (Lipinski definition) is 0. The molecule has 0 bridgehead atoms. The average molecular weight is 380 g/mol. The Labute approximate surface area is 96.0 Å². The van der Waals surface area contributed by atoms with Gasteiger partial charge in [0, 0.05) is 25.7 Å². The van der Waals surface area contributed by atoms with Gasteiger partial charge in [-0.1, -0.05) is 45.2 Å². The first-order chi connectivity index (χ1) is 5.11. The molecule has 0 aromatic rings. The van der Waals surface area contributed by atoms with Crippen molar-refractivity contribution in [1.29, 1.82) is 0 Å². The molecule has 0 radical (unpaired) electrons. The zero-order valence-corrected chi connectivity index (χ0v) is 11.2. The van der Waals surface area contributed by atoms with Crippen molar-refractivity contribution in [2.24, 2.45) is 0 Å². The summed E-state index contributed by atoms with van der Waals surface area (Å²) in [4.78, 5) is 4.87. The van der Waals surface area contributed by atoms with Crippen molar-refractivity contribution < 1.29 is 0 Å². The zero-order chi connectivity index (χ0) is 8.43. The molecular formula is C7H14I2N2. The Bertz CT molecular complexity index is 130. The number of nitrogens with zero attached hydrogens (tertiary/aromatic N) is 2. The van der Waals surface area contributed by atoms with Crippen LogP contribution in [0, 0.1) is 0 Å². The molecule has 1 atom stereocenters. The quantitative estimate of drug-likeness (QED) is 0.502. The van der Waals surface area contributed by atoms with Gasteiger partial charge in [0.25, 0.3) is 0 Å². The Morgan fingerprint density at radius 2 is 1.91 bits per heavy atom. The van der Waals surface area contributed by atoms with Gasteiger partial charge in [-0.15, -0.1) is 0 Å². The molecule has 66 valence electrons. The molecule has 0 spiro atoms. The SMILES string of the molecule is CN1CCN(C)C(C(I)I)C1. The third-order valence-corrected chi connectivity index (χ3v) is 3.85. The number of rotatable bonds is 1. The van der Waals surface area contributed by atoms with E-state index in [0.717, 1.165) is 7.97 Å². The highest BCUT2D eigenvalue weighted by molar-refractivity contribution is 14.2. The third kappa shape index (κ3) is 2.96. The molecule has 1 aliphatic heterocycles. The normalized spacial score (nSPS) is 29.7. The summed E-state index contributed by atoms with van der Waals surface area (Å²) in [6.45, 7) is 3.64. The Morgan fingerprint density at radius 1 is 1.27 bits per heavy atom. The van der Waals surface area contributed by atoms with Crippen LogP contribution in [-0.2, 0) is 0 Å². The highest BCUT2D eigenvalue weighted by Crippen LogP contribution is 2.21. The number of halogens is 2. The van der Waals surface area contributed by atoms with Gasteiger partial charge in [-0.3, -0.25) is 4.90 Å². The van der Waals surface area contributed by atoms with Crippen LogP contribution in [0.25, 0.3) is 0 Å². The summed E-state index contributed by atoms with van der Waals surface area (Å²) < 4.78 is 0.720. The topological polar surface area (TPSA) is 6.48 Å². The standard InChI is InChI=1S/C7H14I2N2/c1-10-3-4-11(2)6(5-10)7(8)9/h6-7H,3-5H2,1-2H3. The lowest BCUT2D eigenvalue weighted by Crippen LogP contribution is -2.52. The fourth-order valence-electron chi connectivity index (χ4n) is 1.32. The van der Waals surface area contributed by atoms with Crippen LogP contribution in [-0.4, -0.2) is 51.5 Å². The summed E-state index contributed by atoms with van der Waals surface area (Å²) in [5.41, 5.74) is 0. The predicted molar refractivity (Wildman–Crippen MR) is 65.7 cm³/mol. The molecule has 0 saturated carbocycles. The van der Waals surface area contributed by atoms with E-state index in [9.17, 15) is 0 Å². The summed E-state index contributed by atoms with van der Waals surface area (Å²) in [7, 11) is 4.43. The first-order valence-corrected chi connectivity index (χ1v) is 6.27. The summed E-state index contributed by atoms with van der Waals surface area (Å²) in [5, 5.41) is 0. The maximum absolute atomic E-state index is 2.51. The van der Waals surface area contributed by atoms with Crippen molar-refractivity contribution in [3.63, 3.8) is 0 Å². The molecule has 1 heterocycles. The van der Waals surface area contributed by atoms with E-state index in [1.54, 1.807) is 0 Å². The molecule has 0 aliphatic carbocycles. The van der Waals surface area contributed by atoms with Crippen LogP contribution in [0.1, 0.15) is 0 Å². The molecule has 1 rings (SSSR count). The Kier molecular flexibility index (Phi) is 4.35. The van der Waals surface area contributed by atoms with Crippen LogP contribution in [0.5, 0.6) is 0 Å². The highest BCUT2D eigenvalue weighted by Gasteiger charge is 2.26. The first kappa shape index (κ1) is 10.5. The monoisotopic (exact) mass is 380 g/mol. The molecule has 0 aromatic heterocycles. The number of alkyl halides is 2. The van der Waals surface area contributed by atoms with Crippen molar-refractivity contribution in [2.45, 2.75) is 7.97 Å². The maximum Gasteiger partial charge on any atom is 0.0793 e. The fraction of sp³-hybridized carbons (Fsp3) is 1.00. The number of piperazine rings is 1. The van der Waals surface area contributed by atoms with Gasteiger partial charge in [-0.05, 0) is 14.1 Å². The van der Waals surface area contributed by atoms with E-state index in [1.165, 1.54) is 19.6 Å². The molecule has 1 fully saturated rings. The number of hydrogen-bond acceptors (Lipinski definition) is 2. The van der Waals surface area contributed by atoms with Crippen LogP contribution in [0.15, 0.2) is 0 Å². The second-order valence-corrected chi connectivity index (χ2v) is 8.21. The van der Waals surface area contributed by atoms with Crippen molar-refractivity contribution in [3.05, 3.63) is 0 Å². The molecule has 0 N–H and O–H groups in total. The fourth-order valence-corrected chi connectivity index (χ4v) is 2.87. The van der Waals surface area contributed by atoms with Gasteiger partial charge >= 0.3 is 0 Å². The second-order valence-electron chi connectivity index (χ2n) is 3.14. The van der Waals surface area contributed by atoms with E-state index in [2.05, 4.69) is 69.1 Å². The minimum atomic E-state index is 0.720. The summed E-state index contributed by atoms with van der Waals surface area (Å²) >= 11 is 5.01. The molecule has 11 heavy (non-hydrogen) atoms. The molecule has 1 unspecified atom stereocenters. The van der Waals surface area contributed by atoms with Gasteiger partial charge in [0.15, 0.2) is 0 Å². The lowest BCUT2D eigenvalue weighted by atomic mass is 10.2. The van der Waals surface area contributed by atoms with Crippen molar-refractivity contribution in [3.8, 4) is 0 Å². The number of likely N-dealkylation sites (N-methyl/N-ethyl adjacent to an activating group) is 2. The highest BCUT2D eigenvalue weighted by atomic mass is 127. The second kappa shape index (κ2) is 4.57. The molecular weight excluding hydrogens is 366 g/mol. The van der Waals surface area contributed by atoms with Gasteiger partial charge in [0.1, 0.15) is 0 Å². The molecule has 2 nitrogen and oxygen atoms in total. The molecule has 0 aromatic carbocycles. The Balaban J connectivity index is 2.47. The van der Waals surface area contributed by atoms with Crippen LogP contribution < -0.4 is 0 Å². The van der Waals surface area contributed by atoms with Gasteiger partial charge in [0.2, 0.25) is 0 Å². The van der Waals surface area contributed by atoms with Crippen molar-refractivity contribution >= 4 is 45.2 Å². The van der Waals surface area contributed by atoms with Gasteiger partial charge in [-0.25, -0.2) is 0 Å². The van der Waals surface area contributed by atoms with Crippen molar-refractivity contribution in [1.82, 2.24) is 9.80 Å². The van der Waals surface area contributed by atoms with Gasteiger partial charge in [-0.2, -0.15) is 0 Å². The van der Waals surface area contributed by atoms with E-state index in [0.29, 0.717) is 0 Å². The summed E-state index contributed by atoms with van der Waals surface area (Å²) in [6, 6.07) is 0.731. The van der Waals surface area contributed by atoms with E-state index >= 15 is 0 Å². The van der Waals surface area contributed by atoms with Crippen LogP contribution in [0.2, 0.25) is 0 Å². The molecule has 1 aliphatic rings. The summed E-state index contributed by atoms with van der Waals surface area (Å²) in [6.07, 6.45) is 0. The van der Waals surface area contributed by atoms with E-state index in [-0.39, 0.29) is 0 Å². The van der Waals surface area contributed by atoms with Crippen LogP contribution in [0.4, 0.5) is 0 Å². The minimum absolute atomic E-state index is 0.720. The van der Waals surface area contributed by atoms with Gasteiger partial charge < -0.3 is 4.90 Å². The molecule has 1 saturated heterocycles. The minimum Gasteiger partial charge on any atom is -0.303 e. The van der Waals surface area contributed by atoms with E-state index < -0.39 is 0 Å². The van der Waals surface area contributed by atoms with E-state index in [4.69, 9.17) is 0 Å². The van der Waals surface area contributed by atoms with Crippen LogP contribution in [0.3, 0.4) is 0 Å². The molecule has 4 heteroatoms. The largest absolute Gasteiger partial charge is 0.303 e. The Hall–Kier alpha value is 1.38. The smallest absolute Gasteiger partial charge is 0.0793 e. The first-order valence-electron chi connectivity index (χ1n) is 3.78. The average Bonchev–Trinajstić information content (AvgIpc) is 1.94. The molecule has 0 amide bonds. The van der Waals surface area contributed by atoms with Crippen molar-refractivity contribution in [2.75, 3.05) is 33.7 Å².